The van der Waals surface area contributed by atoms with Gasteiger partial charge in [-0.2, -0.15) is 4.99 Å². The lowest BCUT2D eigenvalue weighted by Gasteiger charge is -1.97. The van der Waals surface area contributed by atoms with E-state index in [9.17, 15) is 9.59 Å². The Morgan fingerprint density at radius 3 is 2.67 bits per heavy atom. The van der Waals surface area contributed by atoms with Crippen molar-refractivity contribution < 1.29 is 14.7 Å². The number of thiazole rings is 1. The maximum atomic E-state index is 11.8. The minimum absolute atomic E-state index is 0.204. The lowest BCUT2D eigenvalue weighted by atomic mass is 10.2. The fourth-order valence-corrected chi connectivity index (χ4v) is 2.11. The first-order valence-corrected chi connectivity index (χ1v) is 6.04. The lowest BCUT2D eigenvalue weighted by Crippen LogP contribution is -2.20. The van der Waals surface area contributed by atoms with Crippen LogP contribution in [0.15, 0.2) is 46.9 Å². The second-order valence-electron chi connectivity index (χ2n) is 3.49. The number of carbonyl (C=O) groups is 2. The second-order valence-corrected chi connectivity index (χ2v) is 4.36. The van der Waals surface area contributed by atoms with Crippen molar-refractivity contribution in [2.24, 2.45) is 4.99 Å². The molecule has 2 rings (SSSR count). The number of aromatic nitrogens is 1. The van der Waals surface area contributed by atoms with Crippen LogP contribution in [0.25, 0.3) is 0 Å². The van der Waals surface area contributed by atoms with Gasteiger partial charge in [0.05, 0.1) is 0 Å². The van der Waals surface area contributed by atoms with Crippen LogP contribution in [0.3, 0.4) is 0 Å². The lowest BCUT2D eigenvalue weighted by molar-refractivity contribution is -0.137. The summed E-state index contributed by atoms with van der Waals surface area (Å²) in [6, 6.07) is 8.65. The van der Waals surface area contributed by atoms with Crippen LogP contribution in [0.2, 0.25) is 0 Å². The van der Waals surface area contributed by atoms with E-state index in [1.807, 2.05) is 6.07 Å². The Kier molecular flexibility index (Phi) is 3.69. The van der Waals surface area contributed by atoms with E-state index in [0.29, 0.717) is 10.4 Å². The summed E-state index contributed by atoms with van der Waals surface area (Å²) in [5, 5.41) is 10.4. The molecule has 0 aliphatic carbocycles. The van der Waals surface area contributed by atoms with Crippen molar-refractivity contribution in [2.45, 2.75) is 6.54 Å². The number of carboxylic acid groups (broad SMARTS) is 1. The van der Waals surface area contributed by atoms with Gasteiger partial charge in [-0.3, -0.25) is 9.59 Å². The molecule has 5 nitrogen and oxygen atoms in total. The Balaban J connectivity index is 2.31. The van der Waals surface area contributed by atoms with Gasteiger partial charge in [0.1, 0.15) is 6.54 Å². The quantitative estimate of drug-likeness (QED) is 0.908. The molecule has 0 bridgehead atoms. The number of aliphatic carboxylic acids is 1. The van der Waals surface area contributed by atoms with Crippen LogP contribution in [-0.2, 0) is 11.3 Å². The van der Waals surface area contributed by atoms with Crippen LogP contribution in [0.4, 0.5) is 0 Å². The van der Waals surface area contributed by atoms with E-state index < -0.39 is 5.97 Å². The average molecular weight is 262 g/mol. The molecule has 0 atom stereocenters. The third kappa shape index (κ3) is 2.92. The third-order valence-electron chi connectivity index (χ3n) is 2.18. The summed E-state index contributed by atoms with van der Waals surface area (Å²) in [7, 11) is 0. The molecule has 18 heavy (non-hydrogen) atoms. The highest BCUT2D eigenvalue weighted by molar-refractivity contribution is 7.07. The first-order valence-electron chi connectivity index (χ1n) is 5.16. The smallest absolute Gasteiger partial charge is 0.323 e. The topological polar surface area (TPSA) is 71.7 Å². The largest absolute Gasteiger partial charge is 0.480 e. The molecule has 1 N–H and O–H groups in total. The molecule has 0 aliphatic heterocycles. The minimum Gasteiger partial charge on any atom is -0.480 e. The minimum atomic E-state index is -0.970. The fraction of sp³-hybridized carbons (Fsp3) is 0.0833. The Bertz CT molecular complexity index is 628. The Labute approximate surface area is 107 Å². The van der Waals surface area contributed by atoms with Crippen molar-refractivity contribution in [1.29, 1.82) is 0 Å². The molecule has 0 aliphatic rings. The number of carboxylic acids is 1. The van der Waals surface area contributed by atoms with Gasteiger partial charge in [-0.1, -0.05) is 18.2 Å². The second kappa shape index (κ2) is 5.42. The van der Waals surface area contributed by atoms with Gasteiger partial charge in [-0.15, -0.1) is 11.3 Å². The van der Waals surface area contributed by atoms with E-state index in [1.165, 1.54) is 15.9 Å². The highest BCUT2D eigenvalue weighted by Crippen LogP contribution is 2.00. The molecule has 1 aromatic heterocycles. The van der Waals surface area contributed by atoms with Crippen LogP contribution in [0.1, 0.15) is 10.4 Å². The molecule has 0 saturated heterocycles. The van der Waals surface area contributed by atoms with Gasteiger partial charge in [0.2, 0.25) is 0 Å². The van der Waals surface area contributed by atoms with Gasteiger partial charge in [-0.05, 0) is 12.1 Å². The molecule has 2 aromatic rings. The third-order valence-corrected chi connectivity index (χ3v) is 2.98. The van der Waals surface area contributed by atoms with Crippen LogP contribution < -0.4 is 4.80 Å². The van der Waals surface area contributed by atoms with Gasteiger partial charge in [0.25, 0.3) is 5.91 Å². The molecule has 0 unspecified atom stereocenters. The van der Waals surface area contributed by atoms with Gasteiger partial charge in [-0.25, -0.2) is 0 Å². The van der Waals surface area contributed by atoms with Crippen LogP contribution in [0.5, 0.6) is 0 Å². The maximum absolute atomic E-state index is 11.8. The van der Waals surface area contributed by atoms with E-state index in [-0.39, 0.29) is 12.5 Å². The van der Waals surface area contributed by atoms with E-state index >= 15 is 0 Å². The summed E-state index contributed by atoms with van der Waals surface area (Å²) in [6.07, 6.45) is 1.59. The summed E-state index contributed by atoms with van der Waals surface area (Å²) < 4.78 is 1.42. The Morgan fingerprint density at radius 2 is 2.00 bits per heavy atom. The van der Waals surface area contributed by atoms with Gasteiger partial charge >= 0.3 is 5.97 Å². The average Bonchev–Trinajstić information content (AvgIpc) is 2.77. The number of hydrogen-bond donors (Lipinski definition) is 1. The molecule has 92 valence electrons. The standard InChI is InChI=1S/C12H10N2O3S/c15-10(16)8-14-6-7-18-12(14)13-11(17)9-4-2-1-3-5-9/h1-7H,8H2,(H,15,16). The van der Waals surface area contributed by atoms with Crippen molar-refractivity contribution >= 4 is 23.2 Å². The number of nitrogens with zero attached hydrogens (tertiary/aromatic N) is 2. The molecule has 0 radical (unpaired) electrons. The van der Waals surface area contributed by atoms with Crippen molar-refractivity contribution in [3.8, 4) is 0 Å². The van der Waals surface area contributed by atoms with E-state index in [1.54, 1.807) is 35.8 Å². The van der Waals surface area contributed by atoms with Gasteiger partial charge in [0, 0.05) is 17.1 Å². The summed E-state index contributed by atoms with van der Waals surface area (Å²) in [5.41, 5.74) is 0.479. The highest BCUT2D eigenvalue weighted by atomic mass is 32.1. The summed E-state index contributed by atoms with van der Waals surface area (Å²) >= 11 is 1.23. The number of amides is 1. The first kappa shape index (κ1) is 12.3. The Morgan fingerprint density at radius 1 is 1.28 bits per heavy atom. The molecular weight excluding hydrogens is 252 g/mol. The first-order chi connectivity index (χ1) is 8.66. The maximum Gasteiger partial charge on any atom is 0.323 e. The monoisotopic (exact) mass is 262 g/mol. The summed E-state index contributed by atoms with van der Waals surface area (Å²) in [4.78, 5) is 26.8. The number of rotatable bonds is 3. The van der Waals surface area contributed by atoms with Crippen LogP contribution in [0, 0.1) is 0 Å². The van der Waals surface area contributed by atoms with E-state index in [2.05, 4.69) is 4.99 Å². The fourth-order valence-electron chi connectivity index (χ4n) is 1.38. The zero-order valence-electron chi connectivity index (χ0n) is 9.31. The molecule has 1 heterocycles. The zero-order valence-corrected chi connectivity index (χ0v) is 10.1. The molecule has 1 aromatic carbocycles. The molecule has 1 amide bonds. The van der Waals surface area contributed by atoms with E-state index in [0.717, 1.165) is 0 Å². The molecular formula is C12H10N2O3S. The zero-order chi connectivity index (χ0) is 13.0. The van der Waals surface area contributed by atoms with Crippen LogP contribution >= 0.6 is 11.3 Å². The SMILES string of the molecule is O=C(O)Cn1ccsc1=NC(=O)c1ccccc1. The van der Waals surface area contributed by atoms with Crippen molar-refractivity contribution in [3.63, 3.8) is 0 Å². The summed E-state index contributed by atoms with van der Waals surface area (Å²) in [6.45, 7) is -0.204. The van der Waals surface area contributed by atoms with Gasteiger partial charge in [0.15, 0.2) is 4.80 Å². The van der Waals surface area contributed by atoms with E-state index in [4.69, 9.17) is 5.11 Å². The Hall–Kier alpha value is -2.21. The number of benzene rings is 1. The number of carbonyl (C=O) groups excluding carboxylic acids is 1. The predicted molar refractivity (Wildman–Crippen MR) is 66.3 cm³/mol. The van der Waals surface area contributed by atoms with Gasteiger partial charge < -0.3 is 9.67 Å². The normalized spacial score (nSPS) is 11.4. The molecule has 0 fully saturated rings. The van der Waals surface area contributed by atoms with Crippen LogP contribution in [-0.4, -0.2) is 21.6 Å². The molecule has 6 heteroatoms. The number of hydrogen-bond acceptors (Lipinski definition) is 3. The predicted octanol–water partition coefficient (Wildman–Crippen LogP) is 1.38. The highest BCUT2D eigenvalue weighted by Gasteiger charge is 2.05. The summed E-state index contributed by atoms with van der Waals surface area (Å²) in [5.74, 6) is -1.35. The molecule has 0 spiro atoms. The van der Waals surface area contributed by atoms with Crippen molar-refractivity contribution in [3.05, 3.63) is 52.3 Å². The van der Waals surface area contributed by atoms with Crippen molar-refractivity contribution in [1.82, 2.24) is 4.57 Å². The van der Waals surface area contributed by atoms with Crippen molar-refractivity contribution in [2.75, 3.05) is 0 Å². The molecule has 0 saturated carbocycles.